The summed E-state index contributed by atoms with van der Waals surface area (Å²) in [6, 6.07) is 6.82. The maximum absolute atomic E-state index is 3.54. The summed E-state index contributed by atoms with van der Waals surface area (Å²) in [6.07, 6.45) is 3.88. The van der Waals surface area contributed by atoms with Gasteiger partial charge in [0.25, 0.3) is 0 Å². The van der Waals surface area contributed by atoms with Crippen LogP contribution in [0.15, 0.2) is 18.2 Å². The summed E-state index contributed by atoms with van der Waals surface area (Å²) in [7, 11) is 2.20. The predicted octanol–water partition coefficient (Wildman–Crippen LogP) is 4.51. The minimum Gasteiger partial charge on any atom is -0.374 e. The predicted molar refractivity (Wildman–Crippen MR) is 90.6 cm³/mol. The molecule has 0 amide bonds. The average molecular weight is 276 g/mol. The van der Waals surface area contributed by atoms with Crippen molar-refractivity contribution in [2.45, 2.75) is 66.0 Å². The van der Waals surface area contributed by atoms with Crippen LogP contribution in [0.2, 0.25) is 0 Å². The summed E-state index contributed by atoms with van der Waals surface area (Å²) in [6.45, 7) is 13.2. The molecule has 20 heavy (non-hydrogen) atoms. The zero-order valence-corrected chi connectivity index (χ0v) is 14.2. The van der Waals surface area contributed by atoms with Gasteiger partial charge < -0.3 is 10.2 Å². The van der Waals surface area contributed by atoms with Crippen molar-refractivity contribution >= 4 is 5.69 Å². The Kier molecular flexibility index (Phi) is 6.54. The van der Waals surface area contributed by atoms with Gasteiger partial charge in [-0.05, 0) is 51.3 Å². The zero-order chi connectivity index (χ0) is 15.2. The third kappa shape index (κ3) is 5.96. The molecule has 114 valence electrons. The highest BCUT2D eigenvalue weighted by Crippen LogP contribution is 2.21. The van der Waals surface area contributed by atoms with Crippen molar-refractivity contribution < 1.29 is 0 Å². The Hall–Kier alpha value is -1.02. The number of nitrogens with zero attached hydrogens (tertiary/aromatic N) is 1. The molecule has 2 nitrogen and oxygen atoms in total. The van der Waals surface area contributed by atoms with Crippen molar-refractivity contribution in [1.29, 1.82) is 0 Å². The van der Waals surface area contributed by atoms with Gasteiger partial charge in [-0.2, -0.15) is 0 Å². The molecule has 0 atom stereocenters. The van der Waals surface area contributed by atoms with Gasteiger partial charge in [-0.25, -0.2) is 0 Å². The first kappa shape index (κ1) is 17.0. The van der Waals surface area contributed by atoms with E-state index in [1.54, 1.807) is 0 Å². The molecule has 0 saturated heterocycles. The molecule has 0 aliphatic carbocycles. The number of anilines is 1. The maximum atomic E-state index is 3.54. The third-order valence-corrected chi connectivity index (χ3v) is 3.59. The molecule has 0 spiro atoms. The van der Waals surface area contributed by atoms with Gasteiger partial charge >= 0.3 is 0 Å². The fourth-order valence-electron chi connectivity index (χ4n) is 2.34. The van der Waals surface area contributed by atoms with Gasteiger partial charge in [0.1, 0.15) is 0 Å². The van der Waals surface area contributed by atoms with Gasteiger partial charge in [0.05, 0.1) is 0 Å². The van der Waals surface area contributed by atoms with E-state index in [1.165, 1.54) is 36.1 Å². The van der Waals surface area contributed by atoms with Crippen LogP contribution in [0, 0.1) is 6.92 Å². The molecule has 2 heteroatoms. The van der Waals surface area contributed by atoms with E-state index in [0.717, 1.165) is 13.1 Å². The van der Waals surface area contributed by atoms with E-state index in [0.29, 0.717) is 0 Å². The second kappa shape index (κ2) is 7.68. The van der Waals surface area contributed by atoms with Crippen LogP contribution < -0.4 is 10.2 Å². The lowest BCUT2D eigenvalue weighted by atomic mass is 10.1. The van der Waals surface area contributed by atoms with Crippen molar-refractivity contribution in [1.82, 2.24) is 5.32 Å². The van der Waals surface area contributed by atoms with Crippen LogP contribution in [0.3, 0.4) is 0 Å². The molecule has 0 heterocycles. The highest BCUT2D eigenvalue weighted by molar-refractivity contribution is 5.53. The van der Waals surface area contributed by atoms with Crippen molar-refractivity contribution in [2.24, 2.45) is 0 Å². The fourth-order valence-corrected chi connectivity index (χ4v) is 2.34. The lowest BCUT2D eigenvalue weighted by Crippen LogP contribution is -2.35. The van der Waals surface area contributed by atoms with Crippen molar-refractivity contribution in [3.63, 3.8) is 0 Å². The van der Waals surface area contributed by atoms with E-state index in [9.17, 15) is 0 Å². The van der Waals surface area contributed by atoms with Crippen LogP contribution in [0.5, 0.6) is 0 Å². The van der Waals surface area contributed by atoms with E-state index < -0.39 is 0 Å². The fraction of sp³-hybridized carbons (Fsp3) is 0.667. The first-order valence-electron chi connectivity index (χ1n) is 7.89. The Balaban J connectivity index is 2.63. The van der Waals surface area contributed by atoms with E-state index in [1.807, 2.05) is 0 Å². The first-order valence-corrected chi connectivity index (χ1v) is 7.89. The molecule has 0 fully saturated rings. The Morgan fingerprint density at radius 3 is 2.40 bits per heavy atom. The minimum absolute atomic E-state index is 0.170. The third-order valence-electron chi connectivity index (χ3n) is 3.59. The number of hydrogen-bond acceptors (Lipinski definition) is 2. The average Bonchev–Trinajstić information content (AvgIpc) is 2.35. The quantitative estimate of drug-likeness (QED) is 0.737. The van der Waals surface area contributed by atoms with Gasteiger partial charge in [-0.1, -0.05) is 31.9 Å². The maximum Gasteiger partial charge on any atom is 0.0393 e. The Labute approximate surface area is 125 Å². The zero-order valence-electron chi connectivity index (χ0n) is 14.2. The van der Waals surface area contributed by atoms with Gasteiger partial charge in [0.15, 0.2) is 0 Å². The second-order valence-corrected chi connectivity index (χ2v) is 6.85. The summed E-state index contributed by atoms with van der Waals surface area (Å²) >= 11 is 0. The standard InChI is InChI=1S/C18H32N2/c1-7-8-9-12-20(6)17-11-10-16(13-15(17)2)14-19-18(3,4)5/h10-11,13,19H,7-9,12,14H2,1-6H3. The summed E-state index contributed by atoms with van der Waals surface area (Å²) in [5.74, 6) is 0. The van der Waals surface area contributed by atoms with Gasteiger partial charge in [0, 0.05) is 31.4 Å². The largest absolute Gasteiger partial charge is 0.374 e. The number of hydrogen-bond donors (Lipinski definition) is 1. The number of aryl methyl sites for hydroxylation is 1. The summed E-state index contributed by atoms with van der Waals surface area (Å²) in [4.78, 5) is 2.38. The Bertz CT molecular complexity index is 404. The molecule has 1 N–H and O–H groups in total. The van der Waals surface area contributed by atoms with Gasteiger partial charge in [-0.15, -0.1) is 0 Å². The van der Waals surface area contributed by atoms with E-state index >= 15 is 0 Å². The van der Waals surface area contributed by atoms with Crippen LogP contribution in [-0.2, 0) is 6.54 Å². The van der Waals surface area contributed by atoms with E-state index in [-0.39, 0.29) is 5.54 Å². The van der Waals surface area contributed by atoms with Crippen molar-refractivity contribution in [3.05, 3.63) is 29.3 Å². The molecule has 0 bridgehead atoms. The molecule has 0 saturated carbocycles. The van der Waals surface area contributed by atoms with Crippen LogP contribution in [0.25, 0.3) is 0 Å². The Morgan fingerprint density at radius 2 is 1.85 bits per heavy atom. The first-order chi connectivity index (χ1) is 9.33. The molecular weight excluding hydrogens is 244 g/mol. The molecule has 0 radical (unpaired) electrons. The molecule has 0 aliphatic heterocycles. The monoisotopic (exact) mass is 276 g/mol. The lowest BCUT2D eigenvalue weighted by Gasteiger charge is -2.23. The van der Waals surface area contributed by atoms with E-state index in [2.05, 4.69) is 70.1 Å². The second-order valence-electron chi connectivity index (χ2n) is 6.85. The molecule has 0 unspecified atom stereocenters. The molecular formula is C18H32N2. The summed E-state index contributed by atoms with van der Waals surface area (Å²) in [5, 5.41) is 3.54. The molecule has 1 rings (SSSR count). The smallest absolute Gasteiger partial charge is 0.0393 e. The van der Waals surface area contributed by atoms with Crippen molar-refractivity contribution in [2.75, 3.05) is 18.5 Å². The lowest BCUT2D eigenvalue weighted by molar-refractivity contribution is 0.424. The number of benzene rings is 1. The van der Waals surface area contributed by atoms with Crippen LogP contribution in [0.4, 0.5) is 5.69 Å². The van der Waals surface area contributed by atoms with Gasteiger partial charge in [0.2, 0.25) is 0 Å². The molecule has 1 aromatic rings. The van der Waals surface area contributed by atoms with Gasteiger partial charge in [-0.3, -0.25) is 0 Å². The summed E-state index contributed by atoms with van der Waals surface area (Å²) in [5.41, 5.74) is 4.27. The summed E-state index contributed by atoms with van der Waals surface area (Å²) < 4.78 is 0. The number of nitrogens with one attached hydrogen (secondary N) is 1. The van der Waals surface area contributed by atoms with Crippen molar-refractivity contribution in [3.8, 4) is 0 Å². The highest BCUT2D eigenvalue weighted by atomic mass is 15.1. The van der Waals surface area contributed by atoms with Crippen LogP contribution in [0.1, 0.15) is 58.1 Å². The van der Waals surface area contributed by atoms with Crippen LogP contribution >= 0.6 is 0 Å². The highest BCUT2D eigenvalue weighted by Gasteiger charge is 2.10. The number of rotatable bonds is 7. The SMILES string of the molecule is CCCCCN(C)c1ccc(CNC(C)(C)C)cc1C. The molecule has 0 aliphatic rings. The normalized spacial score (nSPS) is 11.7. The Morgan fingerprint density at radius 1 is 1.15 bits per heavy atom. The van der Waals surface area contributed by atoms with E-state index in [4.69, 9.17) is 0 Å². The minimum atomic E-state index is 0.170. The number of unbranched alkanes of at least 4 members (excludes halogenated alkanes) is 2. The van der Waals surface area contributed by atoms with Crippen LogP contribution in [-0.4, -0.2) is 19.1 Å². The topological polar surface area (TPSA) is 15.3 Å². The molecule has 1 aromatic carbocycles. The molecule has 0 aromatic heterocycles.